The Bertz CT molecular complexity index is 968. The first kappa shape index (κ1) is 16.3. The van der Waals surface area contributed by atoms with Gasteiger partial charge in [-0.05, 0) is 18.1 Å². The quantitative estimate of drug-likeness (QED) is 0.470. The summed E-state index contributed by atoms with van der Waals surface area (Å²) in [5, 5.41) is 0. The van der Waals surface area contributed by atoms with E-state index in [1.807, 2.05) is 6.07 Å². The molecule has 0 aliphatic heterocycles. The molecule has 0 unspecified atom stereocenters. The second-order valence-electron chi connectivity index (χ2n) is 6.68. The van der Waals surface area contributed by atoms with Gasteiger partial charge in [0.1, 0.15) is 5.82 Å². The van der Waals surface area contributed by atoms with Crippen molar-refractivity contribution in [1.82, 2.24) is 9.55 Å². The molecule has 26 heavy (non-hydrogen) atoms. The molecule has 3 aromatic carbocycles. The zero-order chi connectivity index (χ0) is 17.8. The third-order valence-corrected chi connectivity index (χ3v) is 4.61. The van der Waals surface area contributed by atoms with Crippen molar-refractivity contribution in [2.45, 2.75) is 19.9 Å². The number of aryl methyl sites for hydroxylation is 1. The van der Waals surface area contributed by atoms with Crippen molar-refractivity contribution >= 4 is 0 Å². The Morgan fingerprint density at radius 3 is 2.08 bits per heavy atom. The Balaban J connectivity index is 1.70. The Labute approximate surface area is 154 Å². The summed E-state index contributed by atoms with van der Waals surface area (Å²) in [7, 11) is 0. The van der Waals surface area contributed by atoms with E-state index < -0.39 is 0 Å². The normalized spacial score (nSPS) is 10.8. The zero-order valence-electron chi connectivity index (χ0n) is 15.0. The summed E-state index contributed by atoms with van der Waals surface area (Å²) in [6.07, 6.45) is 3.01. The maximum absolute atomic E-state index is 4.95. The fourth-order valence-corrected chi connectivity index (χ4v) is 3.15. The fraction of sp³-hybridized carbons (Fsp3) is 0.125. The van der Waals surface area contributed by atoms with Gasteiger partial charge in [-0.3, -0.25) is 0 Å². The van der Waals surface area contributed by atoms with Crippen LogP contribution < -0.4 is 0 Å². The van der Waals surface area contributed by atoms with Crippen molar-refractivity contribution in [3.63, 3.8) is 0 Å². The number of aromatic nitrogens is 2. The molecular formula is C24H22N2. The Hall–Kier alpha value is -3.13. The highest BCUT2D eigenvalue weighted by Crippen LogP contribution is 2.21. The first-order valence-corrected chi connectivity index (χ1v) is 8.99. The maximum Gasteiger partial charge on any atom is 0.114 e. The topological polar surface area (TPSA) is 17.8 Å². The Kier molecular flexibility index (Phi) is 4.65. The molecule has 1 aromatic heterocycles. The van der Waals surface area contributed by atoms with E-state index in [1.165, 1.54) is 16.7 Å². The highest BCUT2D eigenvalue weighted by Gasteiger charge is 2.11. The minimum Gasteiger partial charge on any atom is -0.330 e. The smallest absolute Gasteiger partial charge is 0.114 e. The van der Waals surface area contributed by atoms with E-state index in [-0.39, 0.29) is 0 Å². The van der Waals surface area contributed by atoms with E-state index >= 15 is 0 Å². The van der Waals surface area contributed by atoms with Crippen molar-refractivity contribution in [1.29, 1.82) is 0 Å². The largest absolute Gasteiger partial charge is 0.330 e. The first-order valence-electron chi connectivity index (χ1n) is 8.99. The summed E-state index contributed by atoms with van der Waals surface area (Å²) in [5.74, 6) is 1.09. The lowest BCUT2D eigenvalue weighted by Gasteiger charge is -2.08. The molecule has 0 atom stereocenters. The molecular weight excluding hydrogens is 316 g/mol. The van der Waals surface area contributed by atoms with Crippen molar-refractivity contribution in [3.05, 3.63) is 114 Å². The third kappa shape index (κ3) is 3.75. The molecule has 2 heteroatoms. The van der Waals surface area contributed by atoms with Crippen molar-refractivity contribution in [3.8, 4) is 11.3 Å². The van der Waals surface area contributed by atoms with Gasteiger partial charge in [-0.2, -0.15) is 0 Å². The van der Waals surface area contributed by atoms with Crippen LogP contribution in [0.5, 0.6) is 0 Å². The van der Waals surface area contributed by atoms with Gasteiger partial charge in [0, 0.05) is 24.7 Å². The number of rotatable bonds is 5. The van der Waals surface area contributed by atoms with E-state index in [0.29, 0.717) is 0 Å². The molecule has 0 amide bonds. The van der Waals surface area contributed by atoms with Gasteiger partial charge in [0.25, 0.3) is 0 Å². The van der Waals surface area contributed by atoms with Crippen molar-refractivity contribution in [2.24, 2.45) is 0 Å². The van der Waals surface area contributed by atoms with E-state index in [4.69, 9.17) is 4.98 Å². The number of imidazole rings is 1. The van der Waals surface area contributed by atoms with Crippen LogP contribution in [0.3, 0.4) is 0 Å². The highest BCUT2D eigenvalue weighted by molar-refractivity contribution is 5.58. The average molecular weight is 338 g/mol. The molecule has 0 N–H and O–H groups in total. The molecule has 1 heterocycles. The van der Waals surface area contributed by atoms with E-state index in [1.54, 1.807) is 0 Å². The van der Waals surface area contributed by atoms with Crippen LogP contribution in [0.25, 0.3) is 11.3 Å². The summed E-state index contributed by atoms with van der Waals surface area (Å²) < 4.78 is 2.28. The molecule has 4 aromatic rings. The molecule has 0 radical (unpaired) electrons. The average Bonchev–Trinajstić information content (AvgIpc) is 3.07. The molecule has 128 valence electrons. The highest BCUT2D eigenvalue weighted by atomic mass is 15.1. The third-order valence-electron chi connectivity index (χ3n) is 4.61. The molecule has 0 aliphatic carbocycles. The number of benzene rings is 3. The van der Waals surface area contributed by atoms with Gasteiger partial charge < -0.3 is 4.57 Å². The molecule has 0 saturated carbocycles. The van der Waals surface area contributed by atoms with Gasteiger partial charge >= 0.3 is 0 Å². The van der Waals surface area contributed by atoms with Crippen LogP contribution >= 0.6 is 0 Å². The van der Waals surface area contributed by atoms with Crippen LogP contribution in [0.1, 0.15) is 22.5 Å². The van der Waals surface area contributed by atoms with Crippen LogP contribution in [-0.2, 0) is 13.0 Å². The van der Waals surface area contributed by atoms with Gasteiger partial charge in [0.05, 0.1) is 5.69 Å². The van der Waals surface area contributed by atoms with Gasteiger partial charge in [-0.15, -0.1) is 0 Å². The lowest BCUT2D eigenvalue weighted by atomic mass is 10.1. The van der Waals surface area contributed by atoms with Gasteiger partial charge in [-0.1, -0.05) is 90.5 Å². The lowest BCUT2D eigenvalue weighted by molar-refractivity contribution is 0.740. The second kappa shape index (κ2) is 7.40. The first-order chi connectivity index (χ1) is 12.8. The molecule has 0 saturated heterocycles. The van der Waals surface area contributed by atoms with E-state index in [9.17, 15) is 0 Å². The van der Waals surface area contributed by atoms with Crippen molar-refractivity contribution < 1.29 is 0 Å². The molecule has 2 nitrogen and oxygen atoms in total. The summed E-state index contributed by atoms with van der Waals surface area (Å²) in [6, 6.07) is 29.7. The summed E-state index contributed by atoms with van der Waals surface area (Å²) in [6.45, 7) is 2.96. The Morgan fingerprint density at radius 2 is 1.38 bits per heavy atom. The van der Waals surface area contributed by atoms with Crippen LogP contribution in [0.4, 0.5) is 0 Å². The molecule has 0 spiro atoms. The van der Waals surface area contributed by atoms with Crippen LogP contribution in [0, 0.1) is 6.92 Å². The van der Waals surface area contributed by atoms with Crippen molar-refractivity contribution in [2.75, 3.05) is 0 Å². The van der Waals surface area contributed by atoms with Crippen LogP contribution in [0.2, 0.25) is 0 Å². The monoisotopic (exact) mass is 338 g/mol. The minimum absolute atomic E-state index is 0.833. The molecule has 0 fully saturated rings. The SMILES string of the molecule is Cc1ccc(Cn2cc(-c3ccccc3)nc2Cc2ccccc2)cc1. The number of hydrogen-bond donors (Lipinski definition) is 0. The second-order valence-corrected chi connectivity index (χ2v) is 6.68. The van der Waals surface area contributed by atoms with Gasteiger partial charge in [0.15, 0.2) is 0 Å². The van der Waals surface area contributed by atoms with E-state index in [0.717, 1.165) is 30.0 Å². The lowest BCUT2D eigenvalue weighted by Crippen LogP contribution is -2.05. The van der Waals surface area contributed by atoms with Gasteiger partial charge in [-0.25, -0.2) is 4.98 Å². The summed E-state index contributed by atoms with van der Waals surface area (Å²) >= 11 is 0. The van der Waals surface area contributed by atoms with Crippen LogP contribution in [-0.4, -0.2) is 9.55 Å². The van der Waals surface area contributed by atoms with Gasteiger partial charge in [0.2, 0.25) is 0 Å². The summed E-state index contributed by atoms with van der Waals surface area (Å²) in [5.41, 5.74) is 6.05. The standard InChI is InChI=1S/C24H22N2/c1-19-12-14-21(15-13-19)17-26-18-23(22-10-6-3-7-11-22)25-24(26)16-20-8-4-2-5-9-20/h2-15,18H,16-17H2,1H3. The molecule has 0 aliphatic rings. The molecule has 4 rings (SSSR count). The zero-order valence-corrected chi connectivity index (χ0v) is 15.0. The number of hydrogen-bond acceptors (Lipinski definition) is 1. The van der Waals surface area contributed by atoms with E-state index in [2.05, 4.69) is 96.6 Å². The Morgan fingerprint density at radius 1 is 0.731 bits per heavy atom. The fourth-order valence-electron chi connectivity index (χ4n) is 3.15. The van der Waals surface area contributed by atoms with Crippen LogP contribution in [0.15, 0.2) is 91.1 Å². The predicted octanol–water partition coefficient (Wildman–Crippen LogP) is 5.50. The maximum atomic E-state index is 4.95. The predicted molar refractivity (Wildman–Crippen MR) is 107 cm³/mol. The summed E-state index contributed by atoms with van der Waals surface area (Å²) in [4.78, 5) is 4.95. The molecule has 0 bridgehead atoms. The number of nitrogens with zero attached hydrogens (tertiary/aromatic N) is 2. The minimum atomic E-state index is 0.833.